The zero-order valence-electron chi connectivity index (χ0n) is 7.72. The minimum atomic E-state index is -2.34. The van der Waals surface area contributed by atoms with Crippen molar-refractivity contribution in [1.29, 1.82) is 0 Å². The zero-order chi connectivity index (χ0) is 9.61. The molecule has 0 radical (unpaired) electrons. The maximum Gasteiger partial charge on any atom is 0.241 e. The topological polar surface area (TPSA) is 9.23 Å². The fraction of sp³-hybridized carbons (Fsp3) is 0.857. The van der Waals surface area contributed by atoms with Gasteiger partial charge < -0.3 is 8.84 Å². The Kier molecular flexibility index (Phi) is 6.13. The van der Waals surface area contributed by atoms with Crippen LogP contribution in [-0.4, -0.2) is 25.7 Å². The van der Waals surface area contributed by atoms with Crippen molar-refractivity contribution in [2.24, 2.45) is 0 Å². The molecule has 0 aliphatic rings. The molecule has 12 heavy (non-hydrogen) atoms. The maximum atomic E-state index is 13.1. The summed E-state index contributed by atoms with van der Waals surface area (Å²) in [6, 6.07) is 0.715. The van der Waals surface area contributed by atoms with Gasteiger partial charge in [-0.3, -0.25) is 0 Å². The van der Waals surface area contributed by atoms with E-state index in [1.54, 1.807) is 20.2 Å². The summed E-state index contributed by atoms with van der Waals surface area (Å²) < 4.78 is 18.4. The normalized spacial score (nSPS) is 11.3. The predicted octanol–water partition coefficient (Wildman–Crippen LogP) is 3.22. The molecule has 72 valence electrons. The summed E-state index contributed by atoms with van der Waals surface area (Å²) in [6.45, 7) is 3.46. The van der Waals surface area contributed by atoms with E-state index in [2.05, 4.69) is 0 Å². The van der Waals surface area contributed by atoms with E-state index in [0.29, 0.717) is 10.4 Å². The lowest BCUT2D eigenvalue weighted by Gasteiger charge is -2.09. The van der Waals surface area contributed by atoms with Crippen LogP contribution in [0.5, 0.6) is 0 Å². The molecule has 0 aromatic rings. The van der Waals surface area contributed by atoms with E-state index >= 15 is 0 Å². The largest absolute Gasteiger partial charge is 0.482 e. The van der Waals surface area contributed by atoms with E-state index < -0.39 is 8.41 Å². The molecular weight excluding hydrogens is 211 g/mol. The lowest BCUT2D eigenvalue weighted by Crippen LogP contribution is -2.17. The van der Waals surface area contributed by atoms with Crippen molar-refractivity contribution < 1.29 is 8.84 Å². The Morgan fingerprint density at radius 3 is 2.58 bits per heavy atom. The van der Waals surface area contributed by atoms with Gasteiger partial charge in [-0.05, 0) is 37.8 Å². The van der Waals surface area contributed by atoms with E-state index in [-0.39, 0.29) is 0 Å². The lowest BCUT2D eigenvalue weighted by molar-refractivity contribution is 0.426. The van der Waals surface area contributed by atoms with Gasteiger partial charge in [-0.1, -0.05) is 11.8 Å². The Balaban J connectivity index is 3.28. The second-order valence-electron chi connectivity index (χ2n) is 3.12. The van der Waals surface area contributed by atoms with E-state index in [9.17, 15) is 4.11 Å². The average Bonchev–Trinajstić information content (AvgIpc) is 1.96. The molecule has 0 fully saturated rings. The first-order valence-electron chi connectivity index (χ1n) is 3.85. The Morgan fingerprint density at radius 1 is 1.58 bits per heavy atom. The Bertz CT molecular complexity index is 147. The first-order valence-corrected chi connectivity index (χ1v) is 8.33. The molecule has 0 saturated heterocycles. The molecule has 0 unspecified atom stereocenters. The van der Waals surface area contributed by atoms with Crippen molar-refractivity contribution in [1.82, 2.24) is 0 Å². The molecule has 0 amide bonds. The van der Waals surface area contributed by atoms with Crippen molar-refractivity contribution in [2.75, 3.05) is 12.9 Å². The van der Waals surface area contributed by atoms with Gasteiger partial charge in [-0.15, -0.1) is 0 Å². The Hall–Kier alpha value is 0.387. The molecule has 0 rings (SSSR count). The van der Waals surface area contributed by atoms with Crippen LogP contribution in [0.25, 0.3) is 0 Å². The van der Waals surface area contributed by atoms with Crippen molar-refractivity contribution in [3.63, 3.8) is 0 Å². The first kappa shape index (κ1) is 12.4. The van der Waals surface area contributed by atoms with Crippen LogP contribution in [0.2, 0.25) is 19.1 Å². The highest BCUT2D eigenvalue weighted by Crippen LogP contribution is 2.16. The van der Waals surface area contributed by atoms with E-state index in [4.69, 9.17) is 17.0 Å². The average molecular weight is 226 g/mol. The number of ether oxygens (including phenoxy) is 1. The van der Waals surface area contributed by atoms with Crippen molar-refractivity contribution in [2.45, 2.75) is 25.6 Å². The third-order valence-electron chi connectivity index (χ3n) is 1.30. The third-order valence-corrected chi connectivity index (χ3v) is 4.26. The molecule has 0 aromatic heterocycles. The number of rotatable bonds is 4. The minimum Gasteiger partial charge on any atom is -0.482 e. The highest BCUT2D eigenvalue weighted by Gasteiger charge is 2.18. The number of thiocarbonyl (C=S) groups is 1. The molecule has 0 aromatic carbocycles. The van der Waals surface area contributed by atoms with Gasteiger partial charge >= 0.3 is 0 Å². The fourth-order valence-electron chi connectivity index (χ4n) is 0.707. The van der Waals surface area contributed by atoms with Crippen LogP contribution in [0.15, 0.2) is 0 Å². The van der Waals surface area contributed by atoms with Crippen LogP contribution < -0.4 is 0 Å². The summed E-state index contributed by atoms with van der Waals surface area (Å²) in [5.74, 6) is 0.868. The number of hydrogen-bond donors (Lipinski definition) is 0. The Morgan fingerprint density at radius 2 is 2.17 bits per heavy atom. The SMILES string of the molecule is COC(=S)SCCC[Si](C)(C)F. The molecule has 0 N–H and O–H groups in total. The summed E-state index contributed by atoms with van der Waals surface area (Å²) >= 11 is 6.30. The third kappa shape index (κ3) is 8.48. The lowest BCUT2D eigenvalue weighted by atomic mass is 10.6. The van der Waals surface area contributed by atoms with Crippen molar-refractivity contribution in [3.05, 3.63) is 0 Å². The van der Waals surface area contributed by atoms with Crippen LogP contribution >= 0.6 is 24.0 Å². The Labute approximate surface area is 84.2 Å². The molecule has 1 nitrogen and oxygen atoms in total. The highest BCUT2D eigenvalue weighted by atomic mass is 32.2. The number of hydrogen-bond acceptors (Lipinski definition) is 3. The van der Waals surface area contributed by atoms with Gasteiger partial charge in [0.1, 0.15) is 0 Å². The molecule has 0 bridgehead atoms. The molecule has 0 atom stereocenters. The summed E-state index contributed by atoms with van der Waals surface area (Å²) in [4.78, 5) is 0. The molecule has 0 aliphatic carbocycles. The second-order valence-corrected chi connectivity index (χ2v) is 8.76. The van der Waals surface area contributed by atoms with Gasteiger partial charge in [-0.2, -0.15) is 0 Å². The first-order chi connectivity index (χ1) is 5.45. The summed E-state index contributed by atoms with van der Waals surface area (Å²) in [5, 5.41) is 0. The summed E-state index contributed by atoms with van der Waals surface area (Å²) in [7, 11) is -0.778. The van der Waals surface area contributed by atoms with Crippen molar-refractivity contribution in [3.8, 4) is 0 Å². The molecule has 0 aliphatic heterocycles. The maximum absolute atomic E-state index is 13.1. The van der Waals surface area contributed by atoms with Crippen molar-refractivity contribution >= 4 is 36.8 Å². The monoisotopic (exact) mass is 226 g/mol. The molecule has 5 heteroatoms. The highest BCUT2D eigenvalue weighted by molar-refractivity contribution is 8.22. The van der Waals surface area contributed by atoms with Crippen LogP contribution in [0.4, 0.5) is 4.11 Å². The molecule has 0 heterocycles. The van der Waals surface area contributed by atoms with Crippen LogP contribution in [-0.2, 0) is 4.74 Å². The van der Waals surface area contributed by atoms with E-state index in [1.807, 2.05) is 0 Å². The molecular formula is C7H15FOS2Si. The van der Waals surface area contributed by atoms with Crippen LogP contribution in [0.1, 0.15) is 6.42 Å². The quantitative estimate of drug-likeness (QED) is 0.315. The minimum absolute atomic E-state index is 0.549. The van der Waals surface area contributed by atoms with Crippen LogP contribution in [0.3, 0.4) is 0 Å². The van der Waals surface area contributed by atoms with Gasteiger partial charge in [0.2, 0.25) is 12.8 Å². The van der Waals surface area contributed by atoms with Crippen LogP contribution in [0, 0.1) is 0 Å². The summed E-state index contributed by atoms with van der Waals surface area (Å²) in [6.07, 6.45) is 0.893. The number of halogens is 1. The molecule has 0 saturated carbocycles. The second kappa shape index (κ2) is 5.94. The smallest absolute Gasteiger partial charge is 0.241 e. The van der Waals surface area contributed by atoms with Gasteiger partial charge in [0.05, 0.1) is 7.11 Å². The number of thioether (sulfide) groups is 1. The summed E-state index contributed by atoms with van der Waals surface area (Å²) in [5.41, 5.74) is 0. The zero-order valence-corrected chi connectivity index (χ0v) is 10.4. The number of methoxy groups -OCH3 is 1. The predicted molar refractivity (Wildman–Crippen MR) is 60.1 cm³/mol. The van der Waals surface area contributed by atoms with E-state index in [1.165, 1.54) is 11.8 Å². The van der Waals surface area contributed by atoms with E-state index in [0.717, 1.165) is 12.2 Å². The standard InChI is InChI=1S/C7H15FOS2Si/c1-9-7(10)11-5-4-6-12(2,3)8/h4-6H2,1-3H3. The fourth-order valence-corrected chi connectivity index (χ4v) is 2.80. The van der Waals surface area contributed by atoms with Gasteiger partial charge in [0.25, 0.3) is 0 Å². The van der Waals surface area contributed by atoms with Gasteiger partial charge in [-0.25, -0.2) is 0 Å². The molecule has 0 spiro atoms. The van der Waals surface area contributed by atoms with Gasteiger partial charge in [0.15, 0.2) is 0 Å². The van der Waals surface area contributed by atoms with Gasteiger partial charge in [0, 0.05) is 5.75 Å².